The van der Waals surface area contributed by atoms with Gasteiger partial charge in [-0.25, -0.2) is 13.1 Å². The molecule has 7 heteroatoms. The minimum absolute atomic E-state index is 0.0762. The average Bonchev–Trinajstić information content (AvgIpc) is 3.20. The van der Waals surface area contributed by atoms with E-state index in [4.69, 9.17) is 0 Å². The number of hydrogen-bond acceptors (Lipinski definition) is 4. The van der Waals surface area contributed by atoms with Crippen LogP contribution in [-0.2, 0) is 16.6 Å². The van der Waals surface area contributed by atoms with Crippen molar-refractivity contribution in [2.75, 3.05) is 12.8 Å². The number of rotatable bonds is 6. The fourth-order valence-corrected chi connectivity index (χ4v) is 4.87. The summed E-state index contributed by atoms with van der Waals surface area (Å²) in [6.45, 7) is 2.02. The second-order valence-corrected chi connectivity index (χ2v) is 8.93. The van der Waals surface area contributed by atoms with Crippen LogP contribution in [0.25, 0.3) is 0 Å². The average molecular weight is 380 g/mol. The van der Waals surface area contributed by atoms with Crippen LogP contribution in [0.1, 0.15) is 24.0 Å². The van der Waals surface area contributed by atoms with Crippen molar-refractivity contribution in [1.82, 2.24) is 4.72 Å². The molecule has 2 N–H and O–H groups in total. The summed E-state index contributed by atoms with van der Waals surface area (Å²) in [5.41, 5.74) is 1.23. The van der Waals surface area contributed by atoms with E-state index in [9.17, 15) is 13.5 Å². The summed E-state index contributed by atoms with van der Waals surface area (Å²) >= 11 is 5.05. The third-order valence-electron chi connectivity index (χ3n) is 3.65. The first-order valence-corrected chi connectivity index (χ1v) is 9.78. The Bertz CT molecular complexity index is 612. The Hall–Kier alpha value is -0.0800. The van der Waals surface area contributed by atoms with E-state index in [-0.39, 0.29) is 16.2 Å². The van der Waals surface area contributed by atoms with E-state index in [0.717, 1.165) is 12.8 Å². The molecule has 1 aromatic carbocycles. The van der Waals surface area contributed by atoms with Crippen molar-refractivity contribution < 1.29 is 13.5 Å². The third-order valence-corrected chi connectivity index (χ3v) is 7.42. The molecule has 0 saturated heterocycles. The summed E-state index contributed by atoms with van der Waals surface area (Å²) in [6, 6.07) is 3.26. The molecule has 0 aliphatic heterocycles. The van der Waals surface area contributed by atoms with E-state index in [2.05, 4.69) is 20.7 Å². The minimum atomic E-state index is -3.55. The highest BCUT2D eigenvalue weighted by Crippen LogP contribution is 2.46. The van der Waals surface area contributed by atoms with Gasteiger partial charge in [-0.2, -0.15) is 11.8 Å². The molecule has 0 bridgehead atoms. The van der Waals surface area contributed by atoms with Crippen molar-refractivity contribution in [1.29, 1.82) is 0 Å². The Morgan fingerprint density at radius 2 is 2.10 bits per heavy atom. The maximum absolute atomic E-state index is 12.4. The third kappa shape index (κ3) is 3.39. The zero-order chi connectivity index (χ0) is 15.0. The Balaban J connectivity index is 2.27. The number of aliphatic hydroxyl groups is 1. The van der Waals surface area contributed by atoms with Crippen LogP contribution in [0.4, 0.5) is 0 Å². The number of sulfonamides is 1. The second-order valence-electron chi connectivity index (χ2n) is 5.07. The second kappa shape index (κ2) is 5.96. The van der Waals surface area contributed by atoms with Gasteiger partial charge in [-0.3, -0.25) is 0 Å². The first-order valence-electron chi connectivity index (χ1n) is 6.28. The molecule has 0 atom stereocenters. The molecule has 0 aromatic heterocycles. The lowest BCUT2D eigenvalue weighted by Crippen LogP contribution is -2.32. The van der Waals surface area contributed by atoms with Crippen LogP contribution < -0.4 is 4.72 Å². The van der Waals surface area contributed by atoms with Crippen molar-refractivity contribution in [3.05, 3.63) is 27.7 Å². The summed E-state index contributed by atoms with van der Waals surface area (Å²) in [4.78, 5) is 0.229. The van der Waals surface area contributed by atoms with Crippen molar-refractivity contribution in [3.8, 4) is 0 Å². The lowest BCUT2D eigenvalue weighted by atomic mass is 10.2. The zero-order valence-corrected chi connectivity index (χ0v) is 14.7. The van der Waals surface area contributed by atoms with Gasteiger partial charge in [0.2, 0.25) is 10.0 Å². The monoisotopic (exact) mass is 379 g/mol. The molecular formula is C13H18BrNO3S2. The topological polar surface area (TPSA) is 66.4 Å². The van der Waals surface area contributed by atoms with Gasteiger partial charge in [0, 0.05) is 15.8 Å². The largest absolute Gasteiger partial charge is 0.392 e. The Kier molecular flexibility index (Phi) is 4.86. The van der Waals surface area contributed by atoms with Crippen molar-refractivity contribution >= 4 is 37.7 Å². The Morgan fingerprint density at radius 3 is 2.60 bits per heavy atom. The first kappa shape index (κ1) is 16.3. The van der Waals surface area contributed by atoms with E-state index in [0.29, 0.717) is 22.1 Å². The predicted molar refractivity (Wildman–Crippen MR) is 85.5 cm³/mol. The van der Waals surface area contributed by atoms with Gasteiger partial charge in [-0.1, -0.05) is 15.9 Å². The molecule has 1 aliphatic rings. The molecule has 1 aliphatic carbocycles. The van der Waals surface area contributed by atoms with Crippen molar-refractivity contribution in [2.45, 2.75) is 36.0 Å². The van der Waals surface area contributed by atoms with E-state index in [1.165, 1.54) is 6.07 Å². The van der Waals surface area contributed by atoms with Gasteiger partial charge in [0.1, 0.15) is 0 Å². The maximum Gasteiger partial charge on any atom is 0.240 e. The molecule has 0 spiro atoms. The van der Waals surface area contributed by atoms with Crippen molar-refractivity contribution in [3.63, 3.8) is 0 Å². The smallest absolute Gasteiger partial charge is 0.240 e. The van der Waals surface area contributed by atoms with Crippen molar-refractivity contribution in [2.24, 2.45) is 0 Å². The zero-order valence-electron chi connectivity index (χ0n) is 11.4. The van der Waals surface area contributed by atoms with E-state index < -0.39 is 10.0 Å². The molecule has 0 heterocycles. The number of aliphatic hydroxyl groups excluding tert-OH is 1. The van der Waals surface area contributed by atoms with Gasteiger partial charge in [0.15, 0.2) is 0 Å². The Labute approximate surface area is 132 Å². The minimum Gasteiger partial charge on any atom is -0.392 e. The highest BCUT2D eigenvalue weighted by atomic mass is 79.9. The molecule has 20 heavy (non-hydrogen) atoms. The highest BCUT2D eigenvalue weighted by molar-refractivity contribution is 9.10. The van der Waals surface area contributed by atoms with Gasteiger partial charge in [0.05, 0.1) is 11.5 Å². The fraction of sp³-hybridized carbons (Fsp3) is 0.538. The van der Waals surface area contributed by atoms with Crippen LogP contribution in [0.3, 0.4) is 0 Å². The maximum atomic E-state index is 12.4. The molecule has 112 valence electrons. The number of hydrogen-bond donors (Lipinski definition) is 2. The van der Waals surface area contributed by atoms with Crippen LogP contribution in [-0.4, -0.2) is 31.1 Å². The summed E-state index contributed by atoms with van der Waals surface area (Å²) in [6.07, 6.45) is 4.11. The summed E-state index contributed by atoms with van der Waals surface area (Å²) < 4.78 is 28.3. The summed E-state index contributed by atoms with van der Waals surface area (Å²) in [5.74, 6) is 0. The predicted octanol–water partition coefficient (Wildman–Crippen LogP) is 2.42. The lowest BCUT2D eigenvalue weighted by molar-refractivity contribution is 0.281. The van der Waals surface area contributed by atoms with Crippen LogP contribution in [0.5, 0.6) is 0 Å². The number of thioether (sulfide) groups is 1. The van der Waals surface area contributed by atoms with E-state index in [1.54, 1.807) is 24.8 Å². The lowest BCUT2D eigenvalue weighted by Gasteiger charge is -2.16. The molecule has 2 rings (SSSR count). The highest BCUT2D eigenvalue weighted by Gasteiger charge is 2.42. The first-order chi connectivity index (χ1) is 9.33. The molecular weight excluding hydrogens is 362 g/mol. The Morgan fingerprint density at radius 1 is 1.45 bits per heavy atom. The quantitative estimate of drug-likeness (QED) is 0.796. The SMILES string of the molecule is CSC1(CNS(=O)(=O)c2cc(CO)cc(Br)c2C)CC1. The molecule has 1 saturated carbocycles. The van der Waals surface area contributed by atoms with Gasteiger partial charge < -0.3 is 5.11 Å². The van der Waals surface area contributed by atoms with Gasteiger partial charge in [0.25, 0.3) is 0 Å². The van der Waals surface area contributed by atoms with Gasteiger partial charge in [-0.15, -0.1) is 0 Å². The van der Waals surface area contributed by atoms with Gasteiger partial charge >= 0.3 is 0 Å². The molecule has 4 nitrogen and oxygen atoms in total. The molecule has 0 unspecified atom stereocenters. The number of benzene rings is 1. The normalized spacial score (nSPS) is 17.2. The van der Waals surface area contributed by atoms with Crippen LogP contribution in [0.15, 0.2) is 21.5 Å². The molecule has 1 fully saturated rings. The van der Waals surface area contributed by atoms with Crippen LogP contribution in [0.2, 0.25) is 0 Å². The van der Waals surface area contributed by atoms with Crippen LogP contribution >= 0.6 is 27.7 Å². The standard InChI is InChI=1S/C13H18BrNO3S2/c1-9-11(14)5-10(7-16)6-12(9)20(17,18)15-8-13(19-2)3-4-13/h5-6,15-16H,3-4,7-8H2,1-2H3. The molecule has 0 amide bonds. The summed E-state index contributed by atoms with van der Waals surface area (Å²) in [5, 5.41) is 9.21. The number of halogens is 1. The molecule has 0 radical (unpaired) electrons. The van der Waals surface area contributed by atoms with Gasteiger partial charge in [-0.05, 0) is 49.3 Å². The van der Waals surface area contributed by atoms with Crippen LogP contribution in [0, 0.1) is 6.92 Å². The summed E-state index contributed by atoms with van der Waals surface area (Å²) in [7, 11) is -3.55. The van der Waals surface area contributed by atoms with E-state index in [1.807, 2.05) is 6.26 Å². The number of nitrogens with one attached hydrogen (secondary N) is 1. The fourth-order valence-electron chi connectivity index (χ4n) is 1.97. The van der Waals surface area contributed by atoms with E-state index >= 15 is 0 Å². The molecule has 1 aromatic rings.